The first-order valence-electron chi connectivity index (χ1n) is 10.3. The van der Waals surface area contributed by atoms with Crippen molar-refractivity contribution >= 4 is 11.8 Å². The number of rotatable bonds is 11. The molecule has 2 rings (SSSR count). The Morgan fingerprint density at radius 1 is 1.17 bits per heavy atom. The van der Waals surface area contributed by atoms with E-state index < -0.39 is 0 Å². The van der Waals surface area contributed by atoms with Crippen LogP contribution >= 0.6 is 0 Å². The van der Waals surface area contributed by atoms with Gasteiger partial charge in [0.1, 0.15) is 5.76 Å². The molecule has 0 aromatic carbocycles. The summed E-state index contributed by atoms with van der Waals surface area (Å²) in [6, 6.07) is 2.00. The fourth-order valence-corrected chi connectivity index (χ4v) is 3.14. The van der Waals surface area contributed by atoms with E-state index in [0.29, 0.717) is 17.8 Å². The van der Waals surface area contributed by atoms with Gasteiger partial charge in [0, 0.05) is 12.0 Å². The Morgan fingerprint density at radius 2 is 1.97 bits per heavy atom. The number of carbonyl (C=O) groups is 2. The van der Waals surface area contributed by atoms with Crippen molar-refractivity contribution in [1.29, 1.82) is 0 Å². The summed E-state index contributed by atoms with van der Waals surface area (Å²) in [5, 5.41) is 0. The molecule has 1 aliphatic heterocycles. The number of hydrogen-bond donors (Lipinski definition) is 0. The largest absolute Gasteiger partial charge is 0.472 e. The number of carbonyl (C=O) groups excluding carboxylic acids is 2. The molecule has 1 atom stereocenters. The van der Waals surface area contributed by atoms with E-state index in [0.717, 1.165) is 37.7 Å². The van der Waals surface area contributed by atoms with Gasteiger partial charge in [-0.15, -0.1) is 0 Å². The molecule has 0 saturated heterocycles. The van der Waals surface area contributed by atoms with Crippen molar-refractivity contribution in [2.75, 3.05) is 0 Å². The van der Waals surface area contributed by atoms with Crippen LogP contribution < -0.4 is 0 Å². The molecule has 0 fully saturated rings. The molecular weight excluding hydrogens is 364 g/mol. The lowest BCUT2D eigenvalue weighted by Crippen LogP contribution is -2.03. The minimum atomic E-state index is -0.288. The summed E-state index contributed by atoms with van der Waals surface area (Å²) in [5.74, 6) is 0.669. The fraction of sp³-hybridized carbons (Fsp3) is 0.440. The zero-order valence-electron chi connectivity index (χ0n) is 18.0. The number of Topliss-reactive ketones (excluding diaryl/α,β-unsaturated/α-hetero) is 1. The third-order valence-corrected chi connectivity index (χ3v) is 5.10. The molecule has 0 saturated carbocycles. The van der Waals surface area contributed by atoms with Gasteiger partial charge >= 0.3 is 5.97 Å². The second-order valence-electron chi connectivity index (χ2n) is 7.87. The second kappa shape index (κ2) is 11.4. The smallest absolute Gasteiger partial charge is 0.339 e. The summed E-state index contributed by atoms with van der Waals surface area (Å²) in [7, 11) is 0. The molecule has 0 aliphatic carbocycles. The van der Waals surface area contributed by atoms with E-state index in [4.69, 9.17) is 9.15 Å². The molecule has 0 amide bonds. The molecule has 2 heterocycles. The van der Waals surface area contributed by atoms with Crippen LogP contribution in [0.25, 0.3) is 0 Å². The fourth-order valence-electron chi connectivity index (χ4n) is 3.14. The van der Waals surface area contributed by atoms with E-state index in [2.05, 4.69) is 13.0 Å². The summed E-state index contributed by atoms with van der Waals surface area (Å²) in [5.41, 5.74) is 4.01. The van der Waals surface area contributed by atoms with Gasteiger partial charge in [0.2, 0.25) is 0 Å². The highest BCUT2D eigenvalue weighted by atomic mass is 16.5. The van der Waals surface area contributed by atoms with Crippen molar-refractivity contribution in [2.45, 2.75) is 66.2 Å². The van der Waals surface area contributed by atoms with Crippen molar-refractivity contribution in [1.82, 2.24) is 0 Å². The van der Waals surface area contributed by atoms with E-state index in [1.165, 1.54) is 11.1 Å². The lowest BCUT2D eigenvalue weighted by Gasteiger charge is -2.07. The maximum absolute atomic E-state index is 12.4. The number of ether oxygens (including phenoxy) is 1. The van der Waals surface area contributed by atoms with Crippen LogP contribution in [0.3, 0.4) is 0 Å². The number of furan rings is 1. The van der Waals surface area contributed by atoms with Crippen LogP contribution in [-0.4, -0.2) is 11.8 Å². The van der Waals surface area contributed by atoms with Gasteiger partial charge < -0.3 is 9.15 Å². The topological polar surface area (TPSA) is 56.5 Å². The van der Waals surface area contributed by atoms with Gasteiger partial charge in [0.05, 0.1) is 12.5 Å². The second-order valence-corrected chi connectivity index (χ2v) is 7.87. The van der Waals surface area contributed by atoms with Crippen molar-refractivity contribution in [3.8, 4) is 0 Å². The van der Waals surface area contributed by atoms with Gasteiger partial charge in [0.25, 0.3) is 0 Å². The highest BCUT2D eigenvalue weighted by Crippen LogP contribution is 2.20. The Hall–Kier alpha value is -2.62. The number of aryl methyl sites for hydroxylation is 1. The molecule has 29 heavy (non-hydrogen) atoms. The summed E-state index contributed by atoms with van der Waals surface area (Å²) >= 11 is 0. The summed E-state index contributed by atoms with van der Waals surface area (Å²) in [4.78, 5) is 23.7. The lowest BCUT2D eigenvalue weighted by atomic mass is 9.98. The van der Waals surface area contributed by atoms with Crippen LogP contribution in [0.5, 0.6) is 0 Å². The van der Waals surface area contributed by atoms with E-state index in [9.17, 15) is 9.59 Å². The van der Waals surface area contributed by atoms with Crippen LogP contribution in [0.1, 0.15) is 65.4 Å². The van der Waals surface area contributed by atoms with E-state index in [1.54, 1.807) is 25.5 Å². The average molecular weight is 397 g/mol. The van der Waals surface area contributed by atoms with E-state index in [1.807, 2.05) is 32.1 Å². The number of allylic oxidation sites excluding steroid dienone is 6. The highest BCUT2D eigenvalue weighted by Gasteiger charge is 2.17. The number of hydrogen-bond acceptors (Lipinski definition) is 4. The number of cyclic esters (lactones) is 1. The number of ketones is 1. The lowest BCUT2D eigenvalue weighted by molar-refractivity contribution is -0.133. The van der Waals surface area contributed by atoms with Crippen LogP contribution in [0.4, 0.5) is 0 Å². The summed E-state index contributed by atoms with van der Waals surface area (Å²) in [6.45, 7) is 7.81. The first-order chi connectivity index (χ1) is 13.8. The Morgan fingerprint density at radius 3 is 2.62 bits per heavy atom. The molecule has 1 aliphatic rings. The van der Waals surface area contributed by atoms with Gasteiger partial charge in [-0.2, -0.15) is 0 Å². The zero-order valence-corrected chi connectivity index (χ0v) is 18.0. The van der Waals surface area contributed by atoms with Crippen LogP contribution in [-0.2, 0) is 20.7 Å². The first kappa shape index (κ1) is 22.7. The van der Waals surface area contributed by atoms with Crippen molar-refractivity contribution in [3.05, 3.63) is 70.9 Å². The molecule has 1 aromatic rings. The monoisotopic (exact) mass is 396 g/mol. The van der Waals surface area contributed by atoms with Crippen LogP contribution in [0.2, 0.25) is 0 Å². The van der Waals surface area contributed by atoms with Gasteiger partial charge in [-0.25, -0.2) is 4.79 Å². The van der Waals surface area contributed by atoms with Crippen molar-refractivity contribution in [2.24, 2.45) is 5.92 Å². The quantitative estimate of drug-likeness (QED) is 0.252. The maximum atomic E-state index is 12.4. The third-order valence-electron chi connectivity index (χ3n) is 5.10. The predicted molar refractivity (Wildman–Crippen MR) is 115 cm³/mol. The Labute approximate surface area is 174 Å². The molecule has 1 unspecified atom stereocenters. The van der Waals surface area contributed by atoms with Crippen LogP contribution in [0, 0.1) is 5.92 Å². The van der Waals surface area contributed by atoms with Gasteiger partial charge in [-0.05, 0) is 88.1 Å². The molecule has 4 heteroatoms. The Balaban J connectivity index is 1.68. The van der Waals surface area contributed by atoms with Gasteiger partial charge in [0.15, 0.2) is 5.78 Å². The minimum absolute atomic E-state index is 0.178. The summed E-state index contributed by atoms with van der Waals surface area (Å²) < 4.78 is 10.2. The molecular formula is C25H32O4. The van der Waals surface area contributed by atoms with Crippen molar-refractivity contribution < 1.29 is 18.7 Å². The standard InChI is InChI=1S/C25H32O4/c1-18(8-6-10-22-13-14-28-17-22)7-5-9-20(3)24(26)12-11-19(2)15-23-16-21(4)25(27)29-23/h8-9,13-17,19H,5-7,10-12H2,1-4H3/b18-8+,20-9+,23-15-. The molecule has 4 nitrogen and oxygen atoms in total. The highest BCUT2D eigenvalue weighted by molar-refractivity contribution is 5.94. The Bertz CT molecular complexity index is 819. The normalized spacial score (nSPS) is 17.4. The maximum Gasteiger partial charge on any atom is 0.339 e. The van der Waals surface area contributed by atoms with Gasteiger partial charge in [-0.3, -0.25) is 4.79 Å². The zero-order chi connectivity index (χ0) is 21.2. The van der Waals surface area contributed by atoms with E-state index in [-0.39, 0.29) is 17.7 Å². The molecule has 0 N–H and O–H groups in total. The molecule has 0 radical (unpaired) electrons. The predicted octanol–water partition coefficient (Wildman–Crippen LogP) is 6.26. The average Bonchev–Trinajstić information content (AvgIpc) is 3.29. The third kappa shape index (κ3) is 8.10. The van der Waals surface area contributed by atoms with Gasteiger partial charge in [-0.1, -0.05) is 24.6 Å². The SMILES string of the molecule is CC1=C/C(=C/C(C)CCC(=O)/C(C)=C/CC/C(C)=C/CCc2ccoc2)OC1=O. The first-order valence-corrected chi connectivity index (χ1v) is 10.3. The summed E-state index contributed by atoms with van der Waals surface area (Å²) in [6.07, 6.45) is 16.5. The molecule has 156 valence electrons. The molecule has 1 aromatic heterocycles. The Kier molecular flexibility index (Phi) is 8.91. The minimum Gasteiger partial charge on any atom is -0.472 e. The van der Waals surface area contributed by atoms with Crippen LogP contribution in [0.15, 0.2) is 69.8 Å². The molecule has 0 bridgehead atoms. The van der Waals surface area contributed by atoms with E-state index >= 15 is 0 Å². The molecule has 0 spiro atoms. The number of esters is 1. The van der Waals surface area contributed by atoms with Crippen molar-refractivity contribution in [3.63, 3.8) is 0 Å².